The number of benzene rings is 1. The third-order valence-electron chi connectivity index (χ3n) is 1.63. The van der Waals surface area contributed by atoms with Gasteiger partial charge in [0.25, 0.3) is 5.69 Å². The lowest BCUT2D eigenvalue weighted by Crippen LogP contribution is -2.14. The van der Waals surface area contributed by atoms with Crippen LogP contribution in [0.2, 0.25) is 5.02 Å². The second-order valence-corrected chi connectivity index (χ2v) is 3.01. The molecule has 0 saturated carbocycles. The van der Waals surface area contributed by atoms with Crippen molar-refractivity contribution in [2.24, 2.45) is 5.73 Å². The Kier molecular flexibility index (Phi) is 3.67. The van der Waals surface area contributed by atoms with Gasteiger partial charge in [-0.1, -0.05) is 17.7 Å². The second kappa shape index (κ2) is 4.78. The first-order valence-corrected chi connectivity index (χ1v) is 4.41. The Labute approximate surface area is 86.0 Å². The summed E-state index contributed by atoms with van der Waals surface area (Å²) in [5.74, 6) is 0. The van der Waals surface area contributed by atoms with E-state index in [2.05, 4.69) is 5.32 Å². The lowest BCUT2D eigenvalue weighted by molar-refractivity contribution is -0.383. The van der Waals surface area contributed by atoms with Crippen LogP contribution in [-0.4, -0.2) is 18.0 Å². The van der Waals surface area contributed by atoms with Crippen LogP contribution in [0, 0.1) is 10.1 Å². The highest BCUT2D eigenvalue weighted by molar-refractivity contribution is 6.33. The number of nitro benzene ring substituents is 1. The minimum absolute atomic E-state index is 0.0362. The van der Waals surface area contributed by atoms with Crippen LogP contribution in [-0.2, 0) is 0 Å². The Balaban J connectivity index is 3.02. The predicted molar refractivity (Wildman–Crippen MR) is 55.7 cm³/mol. The average molecular weight is 216 g/mol. The van der Waals surface area contributed by atoms with E-state index in [9.17, 15) is 10.1 Å². The third-order valence-corrected chi connectivity index (χ3v) is 1.95. The van der Waals surface area contributed by atoms with Gasteiger partial charge in [-0.15, -0.1) is 0 Å². The molecule has 0 spiro atoms. The number of nitrogens with one attached hydrogen (secondary N) is 1. The number of anilines is 1. The zero-order valence-corrected chi connectivity index (χ0v) is 8.12. The van der Waals surface area contributed by atoms with Crippen LogP contribution >= 0.6 is 11.6 Å². The highest BCUT2D eigenvalue weighted by Crippen LogP contribution is 2.31. The number of nitrogens with two attached hydrogens (primary N) is 1. The second-order valence-electron chi connectivity index (χ2n) is 2.61. The quantitative estimate of drug-likeness (QED) is 0.591. The summed E-state index contributed by atoms with van der Waals surface area (Å²) < 4.78 is 0. The van der Waals surface area contributed by atoms with Crippen molar-refractivity contribution in [1.29, 1.82) is 0 Å². The van der Waals surface area contributed by atoms with Crippen LogP contribution in [0.5, 0.6) is 0 Å². The Morgan fingerprint density at radius 2 is 2.29 bits per heavy atom. The van der Waals surface area contributed by atoms with E-state index in [1.54, 1.807) is 6.07 Å². The number of halogens is 1. The summed E-state index contributed by atoms with van der Waals surface area (Å²) in [5, 5.41) is 13.8. The molecule has 0 radical (unpaired) electrons. The molecule has 0 heterocycles. The molecule has 3 N–H and O–H groups in total. The van der Waals surface area contributed by atoms with Gasteiger partial charge in [0.15, 0.2) is 0 Å². The van der Waals surface area contributed by atoms with Gasteiger partial charge in [-0.2, -0.15) is 0 Å². The summed E-state index contributed by atoms with van der Waals surface area (Å²) in [6.07, 6.45) is 0. The summed E-state index contributed by atoms with van der Waals surface area (Å²) in [6.45, 7) is 0.840. The van der Waals surface area contributed by atoms with Crippen LogP contribution in [0.4, 0.5) is 11.4 Å². The van der Waals surface area contributed by atoms with Crippen molar-refractivity contribution in [1.82, 2.24) is 0 Å². The number of hydrogen-bond donors (Lipinski definition) is 2. The molecule has 0 aromatic heterocycles. The van der Waals surface area contributed by atoms with E-state index in [4.69, 9.17) is 17.3 Å². The van der Waals surface area contributed by atoms with E-state index < -0.39 is 4.92 Å². The largest absolute Gasteiger partial charge is 0.377 e. The lowest BCUT2D eigenvalue weighted by atomic mass is 10.2. The molecule has 6 heteroatoms. The topological polar surface area (TPSA) is 81.2 Å². The van der Waals surface area contributed by atoms with Crippen LogP contribution in [0.3, 0.4) is 0 Å². The molecular formula is C8H10ClN3O2. The van der Waals surface area contributed by atoms with Crippen molar-refractivity contribution in [2.75, 3.05) is 18.4 Å². The third kappa shape index (κ3) is 2.34. The molecule has 0 aliphatic rings. The molecule has 1 rings (SSSR count). The highest BCUT2D eigenvalue weighted by Gasteiger charge is 2.15. The fourth-order valence-electron chi connectivity index (χ4n) is 1.04. The number of rotatable bonds is 4. The van der Waals surface area contributed by atoms with Gasteiger partial charge in [-0.25, -0.2) is 0 Å². The number of hydrogen-bond acceptors (Lipinski definition) is 4. The molecule has 76 valence electrons. The average Bonchev–Trinajstić information content (AvgIpc) is 2.15. The van der Waals surface area contributed by atoms with Crippen molar-refractivity contribution in [3.63, 3.8) is 0 Å². The van der Waals surface area contributed by atoms with Crippen molar-refractivity contribution in [3.8, 4) is 0 Å². The van der Waals surface area contributed by atoms with Crippen LogP contribution < -0.4 is 11.1 Å². The zero-order valence-electron chi connectivity index (χ0n) is 7.37. The van der Waals surface area contributed by atoms with E-state index in [0.717, 1.165) is 0 Å². The summed E-state index contributed by atoms with van der Waals surface area (Å²) in [6, 6.07) is 4.52. The first-order chi connectivity index (χ1) is 6.66. The number of nitrogens with zero attached hydrogens (tertiary/aromatic N) is 1. The maximum atomic E-state index is 10.6. The lowest BCUT2D eigenvalue weighted by Gasteiger charge is -2.06. The van der Waals surface area contributed by atoms with Gasteiger partial charge in [0, 0.05) is 19.2 Å². The fraction of sp³-hybridized carbons (Fsp3) is 0.250. The molecule has 14 heavy (non-hydrogen) atoms. The van der Waals surface area contributed by atoms with Gasteiger partial charge in [0.1, 0.15) is 5.69 Å². The van der Waals surface area contributed by atoms with E-state index in [-0.39, 0.29) is 5.69 Å². The summed E-state index contributed by atoms with van der Waals surface area (Å²) >= 11 is 5.80. The maximum absolute atomic E-state index is 10.6. The van der Waals surface area contributed by atoms with Crippen molar-refractivity contribution in [2.45, 2.75) is 0 Å². The Bertz CT molecular complexity index is 343. The van der Waals surface area contributed by atoms with E-state index in [1.807, 2.05) is 0 Å². The van der Waals surface area contributed by atoms with Crippen molar-refractivity contribution >= 4 is 23.0 Å². The number of para-hydroxylation sites is 1. The zero-order chi connectivity index (χ0) is 10.6. The summed E-state index contributed by atoms with van der Waals surface area (Å²) in [5.41, 5.74) is 5.56. The van der Waals surface area contributed by atoms with E-state index >= 15 is 0 Å². The van der Waals surface area contributed by atoms with Gasteiger partial charge in [0.2, 0.25) is 0 Å². The fourth-order valence-corrected chi connectivity index (χ4v) is 1.27. The summed E-state index contributed by atoms with van der Waals surface area (Å²) in [7, 11) is 0. The van der Waals surface area contributed by atoms with Gasteiger partial charge < -0.3 is 11.1 Å². The minimum Gasteiger partial charge on any atom is -0.377 e. The van der Waals surface area contributed by atoms with Crippen LogP contribution in [0.25, 0.3) is 0 Å². The minimum atomic E-state index is -0.481. The Morgan fingerprint density at radius 3 is 2.86 bits per heavy atom. The van der Waals surface area contributed by atoms with E-state index in [0.29, 0.717) is 23.8 Å². The first-order valence-electron chi connectivity index (χ1n) is 4.03. The maximum Gasteiger partial charge on any atom is 0.293 e. The Morgan fingerprint density at radius 1 is 1.57 bits per heavy atom. The molecule has 0 fully saturated rings. The smallest absolute Gasteiger partial charge is 0.293 e. The summed E-state index contributed by atoms with van der Waals surface area (Å²) in [4.78, 5) is 10.1. The monoisotopic (exact) mass is 215 g/mol. The SMILES string of the molecule is NCCNc1c(Cl)cccc1[N+](=O)[O-]. The number of nitro groups is 1. The molecule has 0 atom stereocenters. The van der Waals surface area contributed by atoms with Gasteiger partial charge in [0.05, 0.1) is 9.95 Å². The van der Waals surface area contributed by atoms with Gasteiger partial charge in [-0.05, 0) is 6.07 Å². The molecular weight excluding hydrogens is 206 g/mol. The molecule has 0 bridgehead atoms. The molecule has 1 aromatic rings. The molecule has 0 unspecified atom stereocenters. The van der Waals surface area contributed by atoms with Crippen LogP contribution in [0.1, 0.15) is 0 Å². The molecule has 5 nitrogen and oxygen atoms in total. The van der Waals surface area contributed by atoms with Gasteiger partial charge >= 0.3 is 0 Å². The molecule has 0 aliphatic heterocycles. The van der Waals surface area contributed by atoms with Gasteiger partial charge in [-0.3, -0.25) is 10.1 Å². The van der Waals surface area contributed by atoms with E-state index in [1.165, 1.54) is 12.1 Å². The van der Waals surface area contributed by atoms with Crippen LogP contribution in [0.15, 0.2) is 18.2 Å². The predicted octanol–water partition coefficient (Wildman–Crippen LogP) is 1.62. The molecule has 0 aliphatic carbocycles. The molecule has 0 amide bonds. The molecule has 0 saturated heterocycles. The molecule has 1 aromatic carbocycles. The normalized spacial score (nSPS) is 9.86. The van der Waals surface area contributed by atoms with Crippen molar-refractivity contribution < 1.29 is 4.92 Å². The van der Waals surface area contributed by atoms with Crippen molar-refractivity contribution in [3.05, 3.63) is 33.3 Å². The standard InChI is InChI=1S/C8H10ClN3O2/c9-6-2-1-3-7(12(13)14)8(6)11-5-4-10/h1-3,11H,4-5,10H2. The first kappa shape index (κ1) is 10.7. The Hall–Kier alpha value is -1.33. The highest BCUT2D eigenvalue weighted by atomic mass is 35.5.